The zero-order valence-corrected chi connectivity index (χ0v) is 17.2. The lowest BCUT2D eigenvalue weighted by Crippen LogP contribution is -2.24. The molecule has 0 saturated heterocycles. The standard InChI is InChI=1S/C20H21N5OS2/c1-2-16(18(26)23-20-22-14-10-6-7-11-17(14)28-20)27-19-21-12-15(24-25-19)13-8-4-3-5-9-13/h3-5,8-9,12,16H,2,6-7,10-11H2,1H3,(H,22,23,26)/t16-/m0/s1. The van der Waals surface area contributed by atoms with Gasteiger partial charge in [0.2, 0.25) is 11.1 Å². The first kappa shape index (κ1) is 19.0. The van der Waals surface area contributed by atoms with Crippen molar-refractivity contribution in [3.8, 4) is 11.3 Å². The minimum Gasteiger partial charge on any atom is -0.301 e. The first-order valence-electron chi connectivity index (χ1n) is 9.44. The Kier molecular flexibility index (Phi) is 5.97. The van der Waals surface area contributed by atoms with Crippen LogP contribution in [0.3, 0.4) is 0 Å². The molecule has 0 unspecified atom stereocenters. The molecule has 1 N–H and O–H groups in total. The molecule has 1 aromatic carbocycles. The van der Waals surface area contributed by atoms with Crippen LogP contribution in [-0.4, -0.2) is 31.3 Å². The molecule has 28 heavy (non-hydrogen) atoms. The monoisotopic (exact) mass is 411 g/mol. The van der Waals surface area contributed by atoms with Crippen molar-refractivity contribution >= 4 is 34.1 Å². The van der Waals surface area contributed by atoms with Gasteiger partial charge in [-0.1, -0.05) is 49.0 Å². The van der Waals surface area contributed by atoms with Crippen LogP contribution in [0.1, 0.15) is 36.8 Å². The fourth-order valence-electron chi connectivity index (χ4n) is 3.10. The summed E-state index contributed by atoms with van der Waals surface area (Å²) in [7, 11) is 0. The van der Waals surface area contributed by atoms with E-state index in [9.17, 15) is 4.79 Å². The highest BCUT2D eigenvalue weighted by atomic mass is 32.2. The second-order valence-corrected chi connectivity index (χ2v) is 8.85. The third-order valence-corrected chi connectivity index (χ3v) is 6.90. The van der Waals surface area contributed by atoms with Crippen LogP contribution in [0.4, 0.5) is 5.13 Å². The lowest BCUT2D eigenvalue weighted by atomic mass is 10.0. The van der Waals surface area contributed by atoms with Gasteiger partial charge in [0.15, 0.2) is 5.13 Å². The van der Waals surface area contributed by atoms with Crippen molar-refractivity contribution in [3.05, 3.63) is 47.1 Å². The molecular weight excluding hydrogens is 390 g/mol. The van der Waals surface area contributed by atoms with Gasteiger partial charge in [-0.25, -0.2) is 9.97 Å². The van der Waals surface area contributed by atoms with Gasteiger partial charge in [-0.3, -0.25) is 4.79 Å². The molecule has 8 heteroatoms. The van der Waals surface area contributed by atoms with Gasteiger partial charge in [-0.15, -0.1) is 21.5 Å². The van der Waals surface area contributed by atoms with Crippen molar-refractivity contribution in [3.63, 3.8) is 0 Å². The van der Waals surface area contributed by atoms with E-state index in [-0.39, 0.29) is 11.2 Å². The zero-order valence-electron chi connectivity index (χ0n) is 15.6. The molecule has 0 aliphatic heterocycles. The number of anilines is 1. The smallest absolute Gasteiger partial charge is 0.239 e. The molecule has 0 radical (unpaired) electrons. The molecule has 1 amide bonds. The molecule has 6 nitrogen and oxygen atoms in total. The number of hydrogen-bond acceptors (Lipinski definition) is 7. The van der Waals surface area contributed by atoms with Gasteiger partial charge in [-0.05, 0) is 32.1 Å². The quantitative estimate of drug-likeness (QED) is 0.606. The molecule has 1 aliphatic rings. The minimum absolute atomic E-state index is 0.0608. The maximum atomic E-state index is 12.7. The lowest BCUT2D eigenvalue weighted by Gasteiger charge is -2.12. The van der Waals surface area contributed by atoms with Crippen molar-refractivity contribution in [1.82, 2.24) is 20.2 Å². The SMILES string of the molecule is CC[C@H](Sc1ncc(-c2ccccc2)nn1)C(=O)Nc1nc2c(s1)CCCC2. The van der Waals surface area contributed by atoms with Crippen LogP contribution in [0.2, 0.25) is 0 Å². The second kappa shape index (κ2) is 8.79. The van der Waals surface area contributed by atoms with Crippen LogP contribution in [0, 0.1) is 0 Å². The van der Waals surface area contributed by atoms with Gasteiger partial charge in [0, 0.05) is 10.4 Å². The number of hydrogen-bond donors (Lipinski definition) is 1. The lowest BCUT2D eigenvalue weighted by molar-refractivity contribution is -0.115. The van der Waals surface area contributed by atoms with Gasteiger partial charge in [0.25, 0.3) is 0 Å². The van der Waals surface area contributed by atoms with Crippen LogP contribution in [0.5, 0.6) is 0 Å². The molecule has 144 valence electrons. The Morgan fingerprint density at radius 1 is 1.21 bits per heavy atom. The third-order valence-electron chi connectivity index (χ3n) is 4.60. The number of amides is 1. The molecule has 1 aliphatic carbocycles. The number of nitrogens with one attached hydrogen (secondary N) is 1. The number of carbonyl (C=O) groups excluding carboxylic acids is 1. The maximum absolute atomic E-state index is 12.7. The summed E-state index contributed by atoms with van der Waals surface area (Å²) in [5.74, 6) is -0.0608. The number of fused-ring (bicyclic) bond motifs is 1. The summed E-state index contributed by atoms with van der Waals surface area (Å²) in [4.78, 5) is 23.0. The number of rotatable bonds is 6. The van der Waals surface area contributed by atoms with Crippen molar-refractivity contribution in [2.24, 2.45) is 0 Å². The largest absolute Gasteiger partial charge is 0.301 e. The average Bonchev–Trinajstić information content (AvgIpc) is 3.15. The van der Waals surface area contributed by atoms with Gasteiger partial charge in [0.05, 0.1) is 17.1 Å². The normalized spacial score (nSPS) is 14.3. The summed E-state index contributed by atoms with van der Waals surface area (Å²) in [6.07, 6.45) is 6.85. The molecule has 1 atom stereocenters. The van der Waals surface area contributed by atoms with Crippen LogP contribution < -0.4 is 5.32 Å². The number of thioether (sulfide) groups is 1. The van der Waals surface area contributed by atoms with Gasteiger partial charge in [0.1, 0.15) is 5.69 Å². The zero-order chi connectivity index (χ0) is 19.3. The molecule has 0 saturated carbocycles. The van der Waals surface area contributed by atoms with E-state index in [2.05, 4.69) is 25.5 Å². The predicted octanol–water partition coefficient (Wildman–Crippen LogP) is 4.38. The molecule has 0 fully saturated rings. The summed E-state index contributed by atoms with van der Waals surface area (Å²) in [6, 6.07) is 9.79. The molecule has 3 aromatic rings. The topological polar surface area (TPSA) is 80.7 Å². The highest BCUT2D eigenvalue weighted by Crippen LogP contribution is 2.30. The third kappa shape index (κ3) is 4.39. The van der Waals surface area contributed by atoms with Crippen molar-refractivity contribution in [1.29, 1.82) is 0 Å². The van der Waals surface area contributed by atoms with Gasteiger partial charge < -0.3 is 5.32 Å². The Bertz CT molecular complexity index is 919. The first-order chi connectivity index (χ1) is 13.7. The van der Waals surface area contributed by atoms with Crippen LogP contribution >= 0.6 is 23.1 Å². The van der Waals surface area contributed by atoms with Crippen molar-refractivity contribution in [2.75, 3.05) is 5.32 Å². The average molecular weight is 412 g/mol. The number of benzene rings is 1. The molecule has 4 rings (SSSR count). The summed E-state index contributed by atoms with van der Waals surface area (Å²) in [5.41, 5.74) is 2.84. The Balaban J connectivity index is 1.41. The van der Waals surface area contributed by atoms with Crippen LogP contribution in [0.15, 0.2) is 41.7 Å². The van der Waals surface area contributed by atoms with E-state index in [1.54, 1.807) is 17.5 Å². The van der Waals surface area contributed by atoms with Crippen molar-refractivity contribution in [2.45, 2.75) is 49.4 Å². The second-order valence-electron chi connectivity index (χ2n) is 6.59. The highest BCUT2D eigenvalue weighted by molar-refractivity contribution is 8.00. The van der Waals surface area contributed by atoms with E-state index in [4.69, 9.17) is 0 Å². The number of thiazole rings is 1. The highest BCUT2D eigenvalue weighted by Gasteiger charge is 2.22. The van der Waals surface area contributed by atoms with E-state index in [0.717, 1.165) is 29.8 Å². The Morgan fingerprint density at radius 2 is 2.04 bits per heavy atom. The molecule has 0 bridgehead atoms. The summed E-state index contributed by atoms with van der Waals surface area (Å²) in [6.45, 7) is 1.98. The molecule has 0 spiro atoms. The van der Waals surface area contributed by atoms with E-state index in [1.165, 1.54) is 29.5 Å². The van der Waals surface area contributed by atoms with Crippen molar-refractivity contribution < 1.29 is 4.79 Å². The van der Waals surface area contributed by atoms with Gasteiger partial charge >= 0.3 is 0 Å². The van der Waals surface area contributed by atoms with E-state index >= 15 is 0 Å². The van der Waals surface area contributed by atoms with Gasteiger partial charge in [-0.2, -0.15) is 0 Å². The minimum atomic E-state index is -0.287. The van der Waals surface area contributed by atoms with E-state index in [0.29, 0.717) is 16.7 Å². The van der Waals surface area contributed by atoms with Crippen LogP contribution in [-0.2, 0) is 17.6 Å². The summed E-state index contributed by atoms with van der Waals surface area (Å²) >= 11 is 2.94. The maximum Gasteiger partial charge on any atom is 0.239 e. The Hall–Kier alpha value is -2.32. The molecule has 2 heterocycles. The number of aryl methyl sites for hydroxylation is 2. The first-order valence-corrected chi connectivity index (χ1v) is 11.1. The number of carbonyl (C=O) groups is 1. The Morgan fingerprint density at radius 3 is 2.75 bits per heavy atom. The number of aromatic nitrogens is 4. The van der Waals surface area contributed by atoms with Crippen LogP contribution in [0.25, 0.3) is 11.3 Å². The fraction of sp³-hybridized carbons (Fsp3) is 0.350. The summed E-state index contributed by atoms with van der Waals surface area (Å²) in [5, 5.41) is 12.3. The number of nitrogens with zero attached hydrogens (tertiary/aromatic N) is 4. The summed E-state index contributed by atoms with van der Waals surface area (Å²) < 4.78 is 0. The Labute approximate surface area is 172 Å². The van der Waals surface area contributed by atoms with E-state index in [1.807, 2.05) is 37.3 Å². The molecule has 2 aromatic heterocycles. The fourth-order valence-corrected chi connectivity index (χ4v) is 4.94. The predicted molar refractivity (Wildman–Crippen MR) is 113 cm³/mol. The molecular formula is C20H21N5OS2. The van der Waals surface area contributed by atoms with E-state index < -0.39 is 0 Å².